The number of rotatable bonds is 6. The van der Waals surface area contributed by atoms with E-state index < -0.39 is 0 Å². The lowest BCUT2D eigenvalue weighted by Gasteiger charge is -2.16. The van der Waals surface area contributed by atoms with Gasteiger partial charge >= 0.3 is 0 Å². The molecule has 134 valence electrons. The van der Waals surface area contributed by atoms with E-state index in [0.29, 0.717) is 11.5 Å². The average Bonchev–Trinajstić information content (AvgIpc) is 3.12. The van der Waals surface area contributed by atoms with Crippen LogP contribution < -0.4 is 10.3 Å². The molecule has 3 aromatic rings. The van der Waals surface area contributed by atoms with Gasteiger partial charge in [-0.25, -0.2) is 0 Å². The fourth-order valence-corrected chi connectivity index (χ4v) is 2.52. The summed E-state index contributed by atoms with van der Waals surface area (Å²) in [5.74, 6) is 0.627. The third kappa shape index (κ3) is 3.83. The average molecular weight is 353 g/mol. The minimum absolute atomic E-state index is 0.0735. The molecule has 0 radical (unpaired) electrons. The Morgan fingerprint density at radius 2 is 2.00 bits per heavy atom. The van der Waals surface area contributed by atoms with Crippen LogP contribution in [0, 0.1) is 0 Å². The molecule has 26 heavy (non-hydrogen) atoms. The van der Waals surface area contributed by atoms with E-state index >= 15 is 0 Å². The van der Waals surface area contributed by atoms with Crippen molar-refractivity contribution in [3.05, 3.63) is 70.8 Å². The molecule has 0 spiro atoms. The summed E-state index contributed by atoms with van der Waals surface area (Å²) in [4.78, 5) is 26.0. The van der Waals surface area contributed by atoms with Crippen molar-refractivity contribution < 1.29 is 14.1 Å². The zero-order chi connectivity index (χ0) is 18.5. The molecule has 7 nitrogen and oxygen atoms in total. The lowest BCUT2D eigenvalue weighted by Crippen LogP contribution is -2.33. The number of likely N-dealkylation sites (N-methyl/N-ethyl adjacent to an activating group) is 1. The van der Waals surface area contributed by atoms with Gasteiger partial charge in [-0.05, 0) is 12.1 Å². The molecular weight excluding hydrogens is 334 g/mol. The smallest absolute Gasteiger partial charge is 0.293 e. The Morgan fingerprint density at radius 1 is 1.23 bits per heavy atom. The molecular formula is C19H19N3O4. The normalized spacial score (nSPS) is 10.5. The number of hydrogen-bond donors (Lipinski definition) is 0. The maximum Gasteiger partial charge on any atom is 0.293 e. The van der Waals surface area contributed by atoms with Gasteiger partial charge in [-0.1, -0.05) is 35.5 Å². The van der Waals surface area contributed by atoms with Crippen molar-refractivity contribution >= 4 is 5.91 Å². The van der Waals surface area contributed by atoms with Gasteiger partial charge in [-0.15, -0.1) is 0 Å². The van der Waals surface area contributed by atoms with Gasteiger partial charge in [0.15, 0.2) is 11.5 Å². The number of nitrogens with zero attached hydrogens (tertiary/aromatic N) is 3. The Hall–Kier alpha value is -3.35. The summed E-state index contributed by atoms with van der Waals surface area (Å²) < 4.78 is 11.6. The molecule has 0 unspecified atom stereocenters. The highest BCUT2D eigenvalue weighted by Crippen LogP contribution is 2.20. The van der Waals surface area contributed by atoms with Crippen molar-refractivity contribution in [2.75, 3.05) is 14.2 Å². The number of hydrogen-bond acceptors (Lipinski definition) is 5. The van der Waals surface area contributed by atoms with Crippen LogP contribution >= 0.6 is 0 Å². The molecule has 1 aromatic carbocycles. The van der Waals surface area contributed by atoms with E-state index in [9.17, 15) is 9.59 Å². The first-order chi connectivity index (χ1) is 12.6. The monoisotopic (exact) mass is 353 g/mol. The summed E-state index contributed by atoms with van der Waals surface area (Å²) in [7, 11) is 3.08. The highest BCUT2D eigenvalue weighted by Gasteiger charge is 2.15. The van der Waals surface area contributed by atoms with Crippen LogP contribution in [0.5, 0.6) is 5.75 Å². The number of carbonyl (C=O) groups is 1. The van der Waals surface area contributed by atoms with Gasteiger partial charge in [-0.3, -0.25) is 9.59 Å². The summed E-state index contributed by atoms with van der Waals surface area (Å²) in [5.41, 5.74) is 1.21. The second-order valence-electron chi connectivity index (χ2n) is 5.81. The number of pyridine rings is 1. The van der Waals surface area contributed by atoms with E-state index in [1.807, 2.05) is 30.3 Å². The number of methoxy groups -OCH3 is 1. The Bertz CT molecular complexity index is 947. The van der Waals surface area contributed by atoms with Crippen LogP contribution in [-0.4, -0.2) is 34.7 Å². The molecule has 2 heterocycles. The van der Waals surface area contributed by atoms with Crippen LogP contribution in [0.15, 0.2) is 64.0 Å². The van der Waals surface area contributed by atoms with E-state index in [0.717, 1.165) is 5.56 Å². The molecule has 3 rings (SSSR count). The van der Waals surface area contributed by atoms with Gasteiger partial charge in [0.1, 0.15) is 12.2 Å². The Balaban J connectivity index is 1.67. The SMILES string of the molecule is COc1cccn(CC(=O)N(C)Cc2cc(-c3ccccc3)on2)c1=O. The van der Waals surface area contributed by atoms with Gasteiger partial charge in [0.2, 0.25) is 5.91 Å². The predicted octanol–water partition coefficient (Wildman–Crippen LogP) is 2.17. The molecule has 7 heteroatoms. The fraction of sp³-hybridized carbons (Fsp3) is 0.211. The second-order valence-corrected chi connectivity index (χ2v) is 5.81. The van der Waals surface area contributed by atoms with Crippen LogP contribution in [0.3, 0.4) is 0 Å². The van der Waals surface area contributed by atoms with Crippen LogP contribution in [-0.2, 0) is 17.9 Å². The van der Waals surface area contributed by atoms with Gasteiger partial charge in [-0.2, -0.15) is 0 Å². The van der Waals surface area contributed by atoms with Gasteiger partial charge in [0, 0.05) is 24.9 Å². The van der Waals surface area contributed by atoms with E-state index in [1.54, 1.807) is 31.4 Å². The van der Waals surface area contributed by atoms with Crippen molar-refractivity contribution in [3.63, 3.8) is 0 Å². The zero-order valence-corrected chi connectivity index (χ0v) is 14.6. The largest absolute Gasteiger partial charge is 0.491 e. The summed E-state index contributed by atoms with van der Waals surface area (Å²) in [5, 5.41) is 4.01. The molecule has 0 aliphatic rings. The minimum Gasteiger partial charge on any atom is -0.491 e. The first-order valence-electron chi connectivity index (χ1n) is 8.07. The van der Waals surface area contributed by atoms with Crippen LogP contribution in [0.25, 0.3) is 11.3 Å². The molecule has 0 fully saturated rings. The zero-order valence-electron chi connectivity index (χ0n) is 14.6. The van der Waals surface area contributed by atoms with Crippen molar-refractivity contribution in [2.45, 2.75) is 13.1 Å². The third-order valence-electron chi connectivity index (χ3n) is 3.95. The van der Waals surface area contributed by atoms with E-state index in [4.69, 9.17) is 9.26 Å². The molecule has 0 N–H and O–H groups in total. The molecule has 0 atom stereocenters. The van der Waals surface area contributed by atoms with Crippen molar-refractivity contribution in [2.24, 2.45) is 0 Å². The first-order valence-corrected chi connectivity index (χ1v) is 8.07. The van der Waals surface area contributed by atoms with E-state index in [-0.39, 0.29) is 30.3 Å². The summed E-state index contributed by atoms with van der Waals surface area (Å²) >= 11 is 0. The molecule has 0 aliphatic heterocycles. The van der Waals surface area contributed by atoms with Crippen molar-refractivity contribution in [3.8, 4) is 17.1 Å². The highest BCUT2D eigenvalue weighted by atomic mass is 16.5. The lowest BCUT2D eigenvalue weighted by atomic mass is 10.1. The summed E-state index contributed by atoms with van der Waals surface area (Å²) in [6.07, 6.45) is 1.56. The maximum atomic E-state index is 12.4. The fourth-order valence-electron chi connectivity index (χ4n) is 2.52. The second kappa shape index (κ2) is 7.69. The highest BCUT2D eigenvalue weighted by molar-refractivity contribution is 5.75. The number of benzene rings is 1. The van der Waals surface area contributed by atoms with Crippen molar-refractivity contribution in [1.29, 1.82) is 0 Å². The maximum absolute atomic E-state index is 12.4. The molecule has 2 aromatic heterocycles. The lowest BCUT2D eigenvalue weighted by molar-refractivity contribution is -0.131. The molecule has 0 bridgehead atoms. The first kappa shape index (κ1) is 17.5. The third-order valence-corrected chi connectivity index (χ3v) is 3.95. The Kier molecular flexibility index (Phi) is 5.17. The molecule has 0 saturated carbocycles. The quantitative estimate of drug-likeness (QED) is 0.679. The number of amides is 1. The number of ether oxygens (including phenoxy) is 1. The van der Waals surface area contributed by atoms with Gasteiger partial charge in [0.25, 0.3) is 5.56 Å². The number of carbonyl (C=O) groups excluding carboxylic acids is 1. The van der Waals surface area contributed by atoms with Crippen LogP contribution in [0.4, 0.5) is 0 Å². The molecule has 0 saturated heterocycles. The number of aromatic nitrogens is 2. The summed E-state index contributed by atoms with van der Waals surface area (Å²) in [6, 6.07) is 14.6. The Labute approximate surface area is 150 Å². The molecule has 1 amide bonds. The van der Waals surface area contributed by atoms with Crippen molar-refractivity contribution in [1.82, 2.24) is 14.6 Å². The predicted molar refractivity (Wildman–Crippen MR) is 95.7 cm³/mol. The van der Waals surface area contributed by atoms with Crippen LogP contribution in [0.2, 0.25) is 0 Å². The van der Waals surface area contributed by atoms with Crippen LogP contribution in [0.1, 0.15) is 5.69 Å². The van der Waals surface area contributed by atoms with Gasteiger partial charge in [0.05, 0.1) is 13.7 Å². The molecule has 0 aliphatic carbocycles. The summed E-state index contributed by atoms with van der Waals surface area (Å²) in [6.45, 7) is 0.212. The Morgan fingerprint density at radius 3 is 2.73 bits per heavy atom. The van der Waals surface area contributed by atoms with E-state index in [1.165, 1.54) is 16.6 Å². The topological polar surface area (TPSA) is 77.6 Å². The van der Waals surface area contributed by atoms with E-state index in [2.05, 4.69) is 5.16 Å². The van der Waals surface area contributed by atoms with Gasteiger partial charge < -0.3 is 18.7 Å². The standard InChI is InChI=1S/C19H19N3O4/c1-21(18(23)13-22-10-6-9-16(25-2)19(22)24)12-15-11-17(26-20-15)14-7-4-3-5-8-14/h3-11H,12-13H2,1-2H3. The minimum atomic E-state index is -0.343.